The summed E-state index contributed by atoms with van der Waals surface area (Å²) in [5.74, 6) is 0.752. The molecule has 1 aliphatic rings. The highest BCUT2D eigenvalue weighted by atomic mass is 16.4. The summed E-state index contributed by atoms with van der Waals surface area (Å²) in [6.07, 6.45) is 0. The first-order chi connectivity index (χ1) is 14.7. The van der Waals surface area contributed by atoms with Gasteiger partial charge in [-0.3, -0.25) is 4.90 Å². The van der Waals surface area contributed by atoms with Crippen molar-refractivity contribution in [2.45, 2.75) is 13.5 Å². The molecule has 5 rings (SSSR count). The van der Waals surface area contributed by atoms with E-state index in [9.17, 15) is 4.79 Å². The second-order valence-electron chi connectivity index (χ2n) is 7.58. The molecule has 0 N–H and O–H groups in total. The van der Waals surface area contributed by atoms with Gasteiger partial charge in [0.05, 0.1) is 5.69 Å². The zero-order valence-corrected chi connectivity index (χ0v) is 16.7. The van der Waals surface area contributed by atoms with Crippen molar-refractivity contribution in [1.82, 2.24) is 25.1 Å². The van der Waals surface area contributed by atoms with Crippen LogP contribution in [-0.4, -0.2) is 51.3 Å². The minimum atomic E-state index is -0.302. The van der Waals surface area contributed by atoms with Crippen LogP contribution in [0.25, 0.3) is 16.7 Å². The van der Waals surface area contributed by atoms with Gasteiger partial charge in [0.1, 0.15) is 5.58 Å². The van der Waals surface area contributed by atoms with E-state index < -0.39 is 0 Å². The smallest absolute Gasteiger partial charge is 0.336 e. The summed E-state index contributed by atoms with van der Waals surface area (Å²) < 4.78 is 7.16. The Morgan fingerprint density at radius 1 is 1.00 bits per heavy atom. The van der Waals surface area contributed by atoms with E-state index in [1.165, 1.54) is 0 Å². The van der Waals surface area contributed by atoms with Crippen LogP contribution in [0.1, 0.15) is 11.1 Å². The van der Waals surface area contributed by atoms with Crippen LogP contribution < -0.4 is 10.5 Å². The largest absolute Gasteiger partial charge is 0.423 e. The Kier molecular flexibility index (Phi) is 4.76. The number of rotatable bonds is 4. The number of hydrogen-bond acceptors (Lipinski definition) is 7. The van der Waals surface area contributed by atoms with Crippen LogP contribution in [0, 0.1) is 6.92 Å². The van der Waals surface area contributed by atoms with Crippen LogP contribution in [0.3, 0.4) is 0 Å². The molecular weight excluding hydrogens is 380 g/mol. The lowest BCUT2D eigenvalue weighted by molar-refractivity contribution is 0.248. The maximum Gasteiger partial charge on any atom is 0.336 e. The van der Waals surface area contributed by atoms with Gasteiger partial charge in [-0.05, 0) is 46.7 Å². The molecule has 30 heavy (non-hydrogen) atoms. The van der Waals surface area contributed by atoms with E-state index in [1.807, 2.05) is 55.5 Å². The monoisotopic (exact) mass is 402 g/mol. The summed E-state index contributed by atoms with van der Waals surface area (Å²) in [5, 5.41) is 13.3. The number of fused-ring (bicyclic) bond motifs is 1. The van der Waals surface area contributed by atoms with E-state index in [0.29, 0.717) is 12.1 Å². The van der Waals surface area contributed by atoms with Crippen molar-refractivity contribution in [3.8, 4) is 5.69 Å². The third kappa shape index (κ3) is 3.57. The molecule has 0 unspecified atom stereocenters. The average molecular weight is 402 g/mol. The van der Waals surface area contributed by atoms with E-state index >= 15 is 0 Å². The summed E-state index contributed by atoms with van der Waals surface area (Å²) in [7, 11) is 0. The van der Waals surface area contributed by atoms with Crippen molar-refractivity contribution in [1.29, 1.82) is 0 Å². The first-order valence-corrected chi connectivity index (χ1v) is 10.0. The molecule has 0 atom stereocenters. The first kappa shape index (κ1) is 18.5. The Labute approximate surface area is 173 Å². The zero-order valence-electron chi connectivity index (χ0n) is 16.7. The van der Waals surface area contributed by atoms with Crippen LogP contribution in [0.4, 0.5) is 5.95 Å². The maximum absolute atomic E-state index is 12.0. The van der Waals surface area contributed by atoms with Crippen molar-refractivity contribution in [3.05, 3.63) is 76.1 Å². The highest BCUT2D eigenvalue weighted by Gasteiger charge is 2.23. The van der Waals surface area contributed by atoms with Crippen LogP contribution in [0.5, 0.6) is 0 Å². The summed E-state index contributed by atoms with van der Waals surface area (Å²) in [4.78, 5) is 16.6. The van der Waals surface area contributed by atoms with Crippen molar-refractivity contribution in [2.75, 3.05) is 31.1 Å². The summed E-state index contributed by atoms with van der Waals surface area (Å²) in [5.41, 5.74) is 3.37. The third-order valence-electron chi connectivity index (χ3n) is 5.49. The van der Waals surface area contributed by atoms with E-state index in [4.69, 9.17) is 4.42 Å². The molecule has 0 spiro atoms. The van der Waals surface area contributed by atoms with Gasteiger partial charge in [-0.1, -0.05) is 35.4 Å². The lowest BCUT2D eigenvalue weighted by Crippen LogP contribution is -2.47. The van der Waals surface area contributed by atoms with E-state index in [1.54, 1.807) is 10.7 Å². The summed E-state index contributed by atoms with van der Waals surface area (Å²) in [6.45, 7) is 6.04. The fraction of sp³-hybridized carbons (Fsp3) is 0.273. The maximum atomic E-state index is 12.0. The lowest BCUT2D eigenvalue weighted by atomic mass is 10.1. The van der Waals surface area contributed by atoms with Crippen molar-refractivity contribution >= 4 is 16.9 Å². The summed E-state index contributed by atoms with van der Waals surface area (Å²) in [6, 6.07) is 17.5. The summed E-state index contributed by atoms with van der Waals surface area (Å²) >= 11 is 0. The molecule has 2 aromatic heterocycles. The Morgan fingerprint density at radius 3 is 2.60 bits per heavy atom. The average Bonchev–Trinajstić information content (AvgIpc) is 3.24. The lowest BCUT2D eigenvalue weighted by Gasteiger charge is -2.34. The number of para-hydroxylation sites is 1. The van der Waals surface area contributed by atoms with Gasteiger partial charge >= 0.3 is 5.63 Å². The third-order valence-corrected chi connectivity index (χ3v) is 5.49. The molecule has 8 nitrogen and oxygen atoms in total. The van der Waals surface area contributed by atoms with E-state index in [-0.39, 0.29) is 5.63 Å². The topological polar surface area (TPSA) is 80.3 Å². The SMILES string of the molecule is Cc1ccc2c(CN3CCN(c4nnnn4-c4ccccc4)CC3)cc(=O)oc2c1. The molecule has 0 radical (unpaired) electrons. The first-order valence-electron chi connectivity index (χ1n) is 10.0. The molecule has 1 fully saturated rings. The Hall–Kier alpha value is -3.52. The number of benzene rings is 2. The quantitative estimate of drug-likeness (QED) is 0.485. The minimum absolute atomic E-state index is 0.302. The van der Waals surface area contributed by atoms with Crippen molar-refractivity contribution in [2.24, 2.45) is 0 Å². The van der Waals surface area contributed by atoms with Crippen LogP contribution >= 0.6 is 0 Å². The van der Waals surface area contributed by atoms with Gasteiger partial charge in [0, 0.05) is 44.2 Å². The fourth-order valence-corrected chi connectivity index (χ4v) is 3.93. The second kappa shape index (κ2) is 7.72. The number of hydrogen-bond donors (Lipinski definition) is 0. The van der Waals surface area contributed by atoms with Crippen LogP contribution in [0.2, 0.25) is 0 Å². The molecule has 0 saturated carbocycles. The molecule has 2 aromatic carbocycles. The predicted octanol–water partition coefficient (Wildman–Crippen LogP) is 2.40. The molecule has 8 heteroatoms. The van der Waals surface area contributed by atoms with Gasteiger partial charge in [0.15, 0.2) is 0 Å². The predicted molar refractivity (Wildman–Crippen MR) is 114 cm³/mol. The number of aromatic nitrogens is 4. The van der Waals surface area contributed by atoms with Gasteiger partial charge in [0.25, 0.3) is 0 Å². The molecular formula is C22H22N6O2. The molecule has 0 aliphatic carbocycles. The molecule has 3 heterocycles. The van der Waals surface area contributed by atoms with Crippen molar-refractivity contribution in [3.63, 3.8) is 0 Å². The van der Waals surface area contributed by atoms with Crippen LogP contribution in [0.15, 0.2) is 63.8 Å². The zero-order chi connectivity index (χ0) is 20.5. The van der Waals surface area contributed by atoms with Crippen LogP contribution in [-0.2, 0) is 6.54 Å². The number of nitrogens with zero attached hydrogens (tertiary/aromatic N) is 6. The van der Waals surface area contributed by atoms with Gasteiger partial charge in [-0.15, -0.1) is 0 Å². The molecule has 152 valence electrons. The molecule has 1 saturated heterocycles. The minimum Gasteiger partial charge on any atom is -0.423 e. The normalized spacial score (nSPS) is 15.0. The Bertz CT molecular complexity index is 1230. The van der Waals surface area contributed by atoms with E-state index in [2.05, 4.69) is 25.3 Å². The van der Waals surface area contributed by atoms with E-state index in [0.717, 1.165) is 54.3 Å². The molecule has 0 bridgehead atoms. The number of anilines is 1. The number of aryl methyl sites for hydroxylation is 1. The van der Waals surface area contributed by atoms with Gasteiger partial charge < -0.3 is 9.32 Å². The van der Waals surface area contributed by atoms with Gasteiger partial charge in [0.2, 0.25) is 5.95 Å². The number of piperazine rings is 1. The standard InChI is InChI=1S/C22H22N6O2/c1-16-7-8-19-17(14-21(29)30-20(19)13-16)15-26-9-11-27(12-10-26)22-23-24-25-28(22)18-5-3-2-4-6-18/h2-8,13-14H,9-12,15H2,1H3. The Morgan fingerprint density at radius 2 is 1.80 bits per heavy atom. The highest BCUT2D eigenvalue weighted by Crippen LogP contribution is 2.22. The second-order valence-corrected chi connectivity index (χ2v) is 7.58. The molecule has 4 aromatic rings. The number of tetrazole rings is 1. The fourth-order valence-electron chi connectivity index (χ4n) is 3.93. The highest BCUT2D eigenvalue weighted by molar-refractivity contribution is 5.80. The van der Waals surface area contributed by atoms with Crippen molar-refractivity contribution < 1.29 is 4.42 Å². The molecule has 1 aliphatic heterocycles. The van der Waals surface area contributed by atoms with Gasteiger partial charge in [-0.25, -0.2) is 4.79 Å². The Balaban J connectivity index is 1.32. The molecule has 0 amide bonds. The van der Waals surface area contributed by atoms with Gasteiger partial charge in [-0.2, -0.15) is 4.68 Å².